The van der Waals surface area contributed by atoms with Crippen LogP contribution in [-0.2, 0) is 6.54 Å². The highest BCUT2D eigenvalue weighted by atomic mass is 79.9. The molecule has 2 aromatic carbocycles. The van der Waals surface area contributed by atoms with Crippen molar-refractivity contribution in [1.29, 1.82) is 0 Å². The first-order chi connectivity index (χ1) is 9.06. The molecule has 0 bridgehead atoms. The average Bonchev–Trinajstić information content (AvgIpc) is 2.37. The third-order valence-electron chi connectivity index (χ3n) is 2.81. The second-order valence-corrected chi connectivity index (χ2v) is 5.75. The van der Waals surface area contributed by atoms with Crippen LogP contribution in [0.15, 0.2) is 46.9 Å². The Labute approximate surface area is 127 Å². The van der Waals surface area contributed by atoms with Crippen LogP contribution in [0.1, 0.15) is 16.7 Å². The van der Waals surface area contributed by atoms with Gasteiger partial charge in [0.25, 0.3) is 0 Å². The summed E-state index contributed by atoms with van der Waals surface area (Å²) in [4.78, 5) is 0.396. The maximum Gasteiger partial charge on any atom is 0.106 e. The first-order valence-corrected chi connectivity index (χ1v) is 7.15. The monoisotopic (exact) mass is 334 g/mol. The first kappa shape index (κ1) is 14.0. The van der Waals surface area contributed by atoms with E-state index in [1.165, 1.54) is 11.1 Å². The molecule has 2 aromatic rings. The predicted octanol–water partition coefficient (Wildman–Crippen LogP) is 4.00. The van der Waals surface area contributed by atoms with Crippen LogP contribution >= 0.6 is 28.1 Å². The molecule has 0 aliphatic rings. The van der Waals surface area contributed by atoms with Crippen molar-refractivity contribution in [3.63, 3.8) is 0 Å². The van der Waals surface area contributed by atoms with Crippen molar-refractivity contribution in [3.8, 4) is 0 Å². The van der Waals surface area contributed by atoms with Crippen molar-refractivity contribution in [1.82, 2.24) is 0 Å². The lowest BCUT2D eigenvalue weighted by Crippen LogP contribution is -2.13. The van der Waals surface area contributed by atoms with E-state index in [1.807, 2.05) is 18.2 Å². The van der Waals surface area contributed by atoms with E-state index in [0.717, 1.165) is 22.3 Å². The minimum atomic E-state index is 0.396. The lowest BCUT2D eigenvalue weighted by atomic mass is 10.1. The fraction of sp³-hybridized carbons (Fsp3) is 0.133. The topological polar surface area (TPSA) is 38.0 Å². The Hall–Kier alpha value is -1.39. The number of benzene rings is 2. The summed E-state index contributed by atoms with van der Waals surface area (Å²) in [5.74, 6) is 0. The number of hydrogen-bond donors (Lipinski definition) is 2. The number of halogens is 1. The van der Waals surface area contributed by atoms with Gasteiger partial charge in [-0.1, -0.05) is 58.0 Å². The average molecular weight is 335 g/mol. The maximum absolute atomic E-state index is 5.75. The highest BCUT2D eigenvalue weighted by molar-refractivity contribution is 9.10. The minimum Gasteiger partial charge on any atom is -0.389 e. The molecule has 0 aliphatic heterocycles. The van der Waals surface area contributed by atoms with Gasteiger partial charge in [-0.2, -0.15) is 0 Å². The minimum absolute atomic E-state index is 0.396. The molecule has 2 rings (SSSR count). The SMILES string of the molecule is Cc1cccc(CNc2ccc(Br)cc2C(N)=S)c1. The molecule has 2 nitrogen and oxygen atoms in total. The molecule has 0 saturated carbocycles. The molecule has 0 heterocycles. The zero-order valence-electron chi connectivity index (χ0n) is 10.6. The van der Waals surface area contributed by atoms with Gasteiger partial charge in [0, 0.05) is 22.3 Å². The molecule has 3 N–H and O–H groups in total. The van der Waals surface area contributed by atoms with Crippen LogP contribution in [-0.4, -0.2) is 4.99 Å². The summed E-state index contributed by atoms with van der Waals surface area (Å²) in [7, 11) is 0. The number of rotatable bonds is 4. The zero-order chi connectivity index (χ0) is 13.8. The number of thiocarbonyl (C=S) groups is 1. The van der Waals surface area contributed by atoms with E-state index in [2.05, 4.69) is 52.4 Å². The number of hydrogen-bond acceptors (Lipinski definition) is 2. The van der Waals surface area contributed by atoms with Gasteiger partial charge in [0.05, 0.1) is 0 Å². The van der Waals surface area contributed by atoms with Crippen LogP contribution < -0.4 is 11.1 Å². The summed E-state index contributed by atoms with van der Waals surface area (Å²) >= 11 is 8.50. The Bertz CT molecular complexity index is 611. The van der Waals surface area contributed by atoms with Crippen molar-refractivity contribution >= 4 is 38.8 Å². The summed E-state index contributed by atoms with van der Waals surface area (Å²) in [6.07, 6.45) is 0. The largest absolute Gasteiger partial charge is 0.389 e. The van der Waals surface area contributed by atoms with E-state index in [1.54, 1.807) is 0 Å². The van der Waals surface area contributed by atoms with Crippen molar-refractivity contribution in [2.45, 2.75) is 13.5 Å². The van der Waals surface area contributed by atoms with E-state index < -0.39 is 0 Å². The van der Waals surface area contributed by atoms with Crippen LogP contribution in [0.2, 0.25) is 0 Å². The molecule has 19 heavy (non-hydrogen) atoms. The predicted molar refractivity (Wildman–Crippen MR) is 88.5 cm³/mol. The molecule has 0 fully saturated rings. The third kappa shape index (κ3) is 3.78. The lowest BCUT2D eigenvalue weighted by molar-refractivity contribution is 1.14. The molecule has 4 heteroatoms. The zero-order valence-corrected chi connectivity index (χ0v) is 13.0. The molecule has 98 valence electrons. The fourth-order valence-electron chi connectivity index (χ4n) is 1.89. The van der Waals surface area contributed by atoms with E-state index in [4.69, 9.17) is 18.0 Å². The molecule has 0 saturated heterocycles. The van der Waals surface area contributed by atoms with E-state index in [0.29, 0.717) is 4.99 Å². The highest BCUT2D eigenvalue weighted by Crippen LogP contribution is 2.21. The van der Waals surface area contributed by atoms with Gasteiger partial charge >= 0.3 is 0 Å². The van der Waals surface area contributed by atoms with Gasteiger partial charge in [-0.3, -0.25) is 0 Å². The third-order valence-corrected chi connectivity index (χ3v) is 3.53. The maximum atomic E-state index is 5.75. The van der Waals surface area contributed by atoms with Gasteiger partial charge in [0.15, 0.2) is 0 Å². The van der Waals surface area contributed by atoms with Gasteiger partial charge in [-0.05, 0) is 30.7 Å². The number of anilines is 1. The van der Waals surface area contributed by atoms with E-state index in [-0.39, 0.29) is 0 Å². The Morgan fingerprint density at radius 3 is 2.74 bits per heavy atom. The normalized spacial score (nSPS) is 10.2. The second kappa shape index (κ2) is 6.17. The Balaban J connectivity index is 2.17. The van der Waals surface area contributed by atoms with Crippen LogP contribution in [0.4, 0.5) is 5.69 Å². The summed E-state index contributed by atoms with van der Waals surface area (Å²) in [6.45, 7) is 2.84. The second-order valence-electron chi connectivity index (χ2n) is 4.40. The molecule has 0 atom stereocenters. The Morgan fingerprint density at radius 1 is 1.26 bits per heavy atom. The Morgan fingerprint density at radius 2 is 2.05 bits per heavy atom. The number of nitrogens with two attached hydrogens (primary N) is 1. The first-order valence-electron chi connectivity index (χ1n) is 5.95. The highest BCUT2D eigenvalue weighted by Gasteiger charge is 2.05. The summed E-state index contributed by atoms with van der Waals surface area (Å²) in [5.41, 5.74) is 10.0. The van der Waals surface area contributed by atoms with Gasteiger partial charge < -0.3 is 11.1 Å². The smallest absolute Gasteiger partial charge is 0.106 e. The van der Waals surface area contributed by atoms with Crippen molar-refractivity contribution in [2.75, 3.05) is 5.32 Å². The number of nitrogens with one attached hydrogen (secondary N) is 1. The van der Waals surface area contributed by atoms with Crippen molar-refractivity contribution < 1.29 is 0 Å². The fourth-order valence-corrected chi connectivity index (χ4v) is 2.42. The molecular formula is C15H15BrN2S. The molecule has 0 amide bonds. The Kier molecular flexibility index (Phi) is 4.56. The lowest BCUT2D eigenvalue weighted by Gasteiger charge is -2.12. The summed E-state index contributed by atoms with van der Waals surface area (Å²) in [6, 6.07) is 14.3. The van der Waals surface area contributed by atoms with Crippen LogP contribution in [0, 0.1) is 6.92 Å². The summed E-state index contributed by atoms with van der Waals surface area (Å²) in [5, 5.41) is 3.38. The van der Waals surface area contributed by atoms with Crippen LogP contribution in [0.5, 0.6) is 0 Å². The molecule has 0 radical (unpaired) electrons. The van der Waals surface area contributed by atoms with Gasteiger partial charge in [0.2, 0.25) is 0 Å². The quantitative estimate of drug-likeness (QED) is 0.830. The van der Waals surface area contributed by atoms with Crippen molar-refractivity contribution in [2.24, 2.45) is 5.73 Å². The van der Waals surface area contributed by atoms with Gasteiger partial charge in [-0.25, -0.2) is 0 Å². The van der Waals surface area contributed by atoms with Crippen LogP contribution in [0.25, 0.3) is 0 Å². The van der Waals surface area contributed by atoms with Crippen LogP contribution in [0.3, 0.4) is 0 Å². The molecule has 0 spiro atoms. The number of aryl methyl sites for hydroxylation is 1. The van der Waals surface area contributed by atoms with Crippen molar-refractivity contribution in [3.05, 3.63) is 63.6 Å². The van der Waals surface area contributed by atoms with Gasteiger partial charge in [0.1, 0.15) is 4.99 Å². The molecular weight excluding hydrogens is 320 g/mol. The van der Waals surface area contributed by atoms with E-state index in [9.17, 15) is 0 Å². The van der Waals surface area contributed by atoms with E-state index >= 15 is 0 Å². The molecule has 0 aliphatic carbocycles. The summed E-state index contributed by atoms with van der Waals surface area (Å²) < 4.78 is 0.969. The molecule has 0 unspecified atom stereocenters. The standard InChI is InChI=1S/C15H15BrN2S/c1-10-3-2-4-11(7-10)9-18-14-6-5-12(16)8-13(14)15(17)19/h2-8,18H,9H2,1H3,(H2,17,19). The molecule has 0 aromatic heterocycles. The van der Waals surface area contributed by atoms with Gasteiger partial charge in [-0.15, -0.1) is 0 Å².